The number of nitrogens with zero attached hydrogens (tertiary/aromatic N) is 5. The van der Waals surface area contributed by atoms with E-state index in [0.717, 1.165) is 18.2 Å². The highest BCUT2D eigenvalue weighted by Gasteiger charge is 2.22. The van der Waals surface area contributed by atoms with Crippen molar-refractivity contribution < 1.29 is 9.72 Å². The summed E-state index contributed by atoms with van der Waals surface area (Å²) < 4.78 is 1.67. The first-order valence-electron chi connectivity index (χ1n) is 7.42. The molecule has 0 radical (unpaired) electrons. The van der Waals surface area contributed by atoms with Crippen LogP contribution in [0.5, 0.6) is 0 Å². The van der Waals surface area contributed by atoms with Crippen LogP contribution < -0.4 is 0 Å². The number of carbonyl (C=O) groups excluding carboxylic acids is 1. The molecular formula is C15H19N5O3S. The first-order chi connectivity index (χ1) is 11.3. The average molecular weight is 349 g/mol. The Kier molecular flexibility index (Phi) is 5.55. The summed E-state index contributed by atoms with van der Waals surface area (Å²) in [6.07, 6.45) is 2.33. The molecular weight excluding hydrogens is 330 g/mol. The maximum absolute atomic E-state index is 12.5. The van der Waals surface area contributed by atoms with Gasteiger partial charge in [0.1, 0.15) is 6.33 Å². The number of hydrogen-bond donors (Lipinski definition) is 0. The molecule has 1 unspecified atom stereocenters. The van der Waals surface area contributed by atoms with Crippen molar-refractivity contribution in [2.75, 3.05) is 7.05 Å². The lowest BCUT2D eigenvalue weighted by Gasteiger charge is -2.23. The summed E-state index contributed by atoms with van der Waals surface area (Å²) in [5.41, 5.74) is 0.179. The number of nitro benzene ring substituents is 1. The lowest BCUT2D eigenvalue weighted by Crippen LogP contribution is -2.34. The summed E-state index contributed by atoms with van der Waals surface area (Å²) in [5, 5.41) is 19.6. The first kappa shape index (κ1) is 17.9. The monoisotopic (exact) mass is 349 g/mol. The quantitative estimate of drug-likeness (QED) is 0.588. The van der Waals surface area contributed by atoms with E-state index in [0.29, 0.717) is 15.6 Å². The van der Waals surface area contributed by atoms with Crippen LogP contribution in [0.2, 0.25) is 0 Å². The molecule has 0 aliphatic heterocycles. The number of carbonyl (C=O) groups is 1. The normalized spacial score (nSPS) is 12.0. The van der Waals surface area contributed by atoms with Gasteiger partial charge in [0.25, 0.3) is 11.6 Å². The highest BCUT2D eigenvalue weighted by atomic mass is 32.2. The van der Waals surface area contributed by atoms with Gasteiger partial charge >= 0.3 is 0 Å². The minimum atomic E-state index is -0.487. The number of amides is 1. The summed E-state index contributed by atoms with van der Waals surface area (Å²) in [7, 11) is 3.46. The van der Waals surface area contributed by atoms with E-state index in [1.807, 2.05) is 13.8 Å². The number of rotatable bonds is 6. The van der Waals surface area contributed by atoms with E-state index in [1.165, 1.54) is 12.4 Å². The van der Waals surface area contributed by atoms with Crippen LogP contribution in [0.15, 0.2) is 34.6 Å². The Bertz CT molecular complexity index is 761. The molecule has 0 spiro atoms. The Labute approximate surface area is 144 Å². The third-order valence-corrected chi connectivity index (χ3v) is 4.96. The van der Waals surface area contributed by atoms with Crippen molar-refractivity contribution >= 4 is 23.4 Å². The van der Waals surface area contributed by atoms with Crippen molar-refractivity contribution in [3.05, 3.63) is 40.2 Å². The van der Waals surface area contributed by atoms with Crippen LogP contribution in [0, 0.1) is 10.1 Å². The maximum Gasteiger partial charge on any atom is 0.284 e. The summed E-state index contributed by atoms with van der Waals surface area (Å²) in [6.45, 7) is 3.92. The fourth-order valence-corrected chi connectivity index (χ4v) is 2.87. The minimum absolute atomic E-state index is 0.0595. The van der Waals surface area contributed by atoms with E-state index in [2.05, 4.69) is 10.2 Å². The van der Waals surface area contributed by atoms with Crippen molar-refractivity contribution in [2.24, 2.45) is 7.05 Å². The molecule has 9 heteroatoms. The summed E-state index contributed by atoms with van der Waals surface area (Å²) in [6, 6.07) is 4.56. The molecule has 24 heavy (non-hydrogen) atoms. The molecule has 0 aliphatic rings. The van der Waals surface area contributed by atoms with Gasteiger partial charge in [-0.05, 0) is 37.2 Å². The third-order valence-electron chi connectivity index (χ3n) is 3.85. The maximum atomic E-state index is 12.5. The van der Waals surface area contributed by atoms with Crippen LogP contribution >= 0.6 is 11.8 Å². The molecule has 2 rings (SSSR count). The molecule has 0 saturated heterocycles. The standard InChI is InChI=1S/C15H19N5O3S/c1-5-10(2)19(4)14(21)11-6-7-13(12(8-11)20(22)23)24-15-17-16-9-18(15)3/h6-10H,5H2,1-4H3. The molecule has 0 saturated carbocycles. The molecule has 0 N–H and O–H groups in total. The van der Waals surface area contributed by atoms with E-state index >= 15 is 0 Å². The van der Waals surface area contributed by atoms with Crippen LogP contribution in [0.3, 0.4) is 0 Å². The van der Waals surface area contributed by atoms with Gasteiger partial charge in [0.05, 0.1) is 9.82 Å². The second-order valence-corrected chi connectivity index (χ2v) is 6.45. The smallest absolute Gasteiger partial charge is 0.284 e. The molecule has 2 aromatic rings. The first-order valence-corrected chi connectivity index (χ1v) is 8.24. The van der Waals surface area contributed by atoms with Gasteiger partial charge in [-0.2, -0.15) is 0 Å². The van der Waals surface area contributed by atoms with Crippen LogP contribution in [-0.4, -0.2) is 43.6 Å². The number of benzene rings is 1. The number of aromatic nitrogens is 3. The van der Waals surface area contributed by atoms with Gasteiger partial charge in [-0.1, -0.05) is 6.92 Å². The largest absolute Gasteiger partial charge is 0.339 e. The lowest BCUT2D eigenvalue weighted by atomic mass is 10.1. The predicted molar refractivity (Wildman–Crippen MR) is 90.1 cm³/mol. The molecule has 1 atom stereocenters. The molecule has 0 bridgehead atoms. The molecule has 1 heterocycles. The van der Waals surface area contributed by atoms with Gasteiger partial charge in [0, 0.05) is 31.8 Å². The van der Waals surface area contributed by atoms with Crippen molar-refractivity contribution in [1.29, 1.82) is 0 Å². The number of nitro groups is 1. The highest BCUT2D eigenvalue weighted by molar-refractivity contribution is 7.99. The van der Waals surface area contributed by atoms with E-state index in [-0.39, 0.29) is 17.6 Å². The van der Waals surface area contributed by atoms with Gasteiger partial charge in [0.15, 0.2) is 5.16 Å². The zero-order chi connectivity index (χ0) is 17.9. The fraction of sp³-hybridized carbons (Fsp3) is 0.400. The van der Waals surface area contributed by atoms with Crippen LogP contribution in [0.25, 0.3) is 0 Å². The van der Waals surface area contributed by atoms with E-state index in [4.69, 9.17) is 0 Å². The van der Waals surface area contributed by atoms with Crippen molar-refractivity contribution in [3.63, 3.8) is 0 Å². The second kappa shape index (κ2) is 7.43. The predicted octanol–water partition coefficient (Wildman–Crippen LogP) is 2.75. The Morgan fingerprint density at radius 2 is 2.21 bits per heavy atom. The van der Waals surface area contributed by atoms with Crippen molar-refractivity contribution in [2.45, 2.75) is 36.4 Å². The summed E-state index contributed by atoms with van der Waals surface area (Å²) in [4.78, 5) is 25.4. The Balaban J connectivity index is 2.35. The molecule has 8 nitrogen and oxygen atoms in total. The van der Waals surface area contributed by atoms with Gasteiger partial charge < -0.3 is 9.47 Å². The Morgan fingerprint density at radius 1 is 1.50 bits per heavy atom. The van der Waals surface area contributed by atoms with Gasteiger partial charge in [-0.15, -0.1) is 10.2 Å². The summed E-state index contributed by atoms with van der Waals surface area (Å²) >= 11 is 1.14. The number of hydrogen-bond acceptors (Lipinski definition) is 6. The fourth-order valence-electron chi connectivity index (χ4n) is 2.02. The van der Waals surface area contributed by atoms with E-state index in [9.17, 15) is 14.9 Å². The molecule has 128 valence electrons. The minimum Gasteiger partial charge on any atom is -0.339 e. The zero-order valence-corrected chi connectivity index (χ0v) is 14.8. The van der Waals surface area contributed by atoms with Crippen molar-refractivity contribution in [3.8, 4) is 0 Å². The number of aryl methyl sites for hydroxylation is 1. The molecule has 0 aliphatic carbocycles. The molecule has 1 aromatic carbocycles. The lowest BCUT2D eigenvalue weighted by molar-refractivity contribution is -0.387. The average Bonchev–Trinajstić information content (AvgIpc) is 2.97. The van der Waals surface area contributed by atoms with Crippen molar-refractivity contribution in [1.82, 2.24) is 19.7 Å². The molecule has 0 fully saturated rings. The van der Waals surface area contributed by atoms with Crippen LogP contribution in [0.1, 0.15) is 30.6 Å². The third kappa shape index (κ3) is 3.73. The molecule has 1 aromatic heterocycles. The van der Waals surface area contributed by atoms with Gasteiger partial charge in [-0.25, -0.2) is 0 Å². The topological polar surface area (TPSA) is 94.2 Å². The Morgan fingerprint density at radius 3 is 2.75 bits per heavy atom. The van der Waals surface area contributed by atoms with Gasteiger partial charge in [-0.3, -0.25) is 14.9 Å². The Hall–Kier alpha value is -2.42. The summed E-state index contributed by atoms with van der Waals surface area (Å²) in [5.74, 6) is -0.234. The van der Waals surface area contributed by atoms with E-state index in [1.54, 1.807) is 35.7 Å². The molecule has 1 amide bonds. The highest BCUT2D eigenvalue weighted by Crippen LogP contribution is 2.34. The second-order valence-electron chi connectivity index (χ2n) is 5.44. The van der Waals surface area contributed by atoms with E-state index < -0.39 is 4.92 Å². The SMILES string of the molecule is CCC(C)N(C)C(=O)c1ccc(Sc2nncn2C)c([N+](=O)[O-])c1. The van der Waals surface area contributed by atoms with Gasteiger partial charge in [0.2, 0.25) is 0 Å². The zero-order valence-electron chi connectivity index (χ0n) is 14.0. The van der Waals surface area contributed by atoms with Crippen LogP contribution in [0.4, 0.5) is 5.69 Å². The van der Waals surface area contributed by atoms with Crippen LogP contribution in [-0.2, 0) is 7.05 Å².